The van der Waals surface area contributed by atoms with Crippen molar-refractivity contribution in [2.24, 2.45) is 5.73 Å². The molecule has 1 heterocycles. The van der Waals surface area contributed by atoms with E-state index in [-0.39, 0.29) is 11.4 Å². The standard InChI is InChI=1S/C15H20ClN3O/c1-5-6-19(15(2,3)4)12-8-11-9(7-10(12)16)13(17)14(20)18-11/h5,7-8,13H,1,6,17H2,2-4H3,(H,18,20). The molecule has 4 nitrogen and oxygen atoms in total. The Morgan fingerprint density at radius 2 is 2.15 bits per heavy atom. The predicted octanol–water partition coefficient (Wildman–Crippen LogP) is 3.08. The van der Waals surface area contributed by atoms with Gasteiger partial charge in [0.1, 0.15) is 6.04 Å². The summed E-state index contributed by atoms with van der Waals surface area (Å²) in [6.45, 7) is 10.8. The quantitative estimate of drug-likeness (QED) is 0.842. The van der Waals surface area contributed by atoms with Crippen LogP contribution in [0.1, 0.15) is 32.4 Å². The fraction of sp³-hybridized carbons (Fsp3) is 0.400. The molecule has 20 heavy (non-hydrogen) atoms. The normalized spacial score (nSPS) is 17.6. The first kappa shape index (κ1) is 14.9. The van der Waals surface area contributed by atoms with Crippen LogP contribution in [-0.2, 0) is 4.79 Å². The third-order valence-corrected chi connectivity index (χ3v) is 3.71. The molecule has 2 rings (SSSR count). The van der Waals surface area contributed by atoms with Gasteiger partial charge in [-0.15, -0.1) is 6.58 Å². The van der Waals surface area contributed by atoms with Crippen LogP contribution in [0.4, 0.5) is 11.4 Å². The average Bonchev–Trinajstić information content (AvgIpc) is 2.61. The number of nitrogens with one attached hydrogen (secondary N) is 1. The zero-order valence-corrected chi connectivity index (χ0v) is 12.8. The smallest absolute Gasteiger partial charge is 0.245 e. The van der Waals surface area contributed by atoms with Crippen LogP contribution in [0.3, 0.4) is 0 Å². The highest BCUT2D eigenvalue weighted by atomic mass is 35.5. The summed E-state index contributed by atoms with van der Waals surface area (Å²) in [5.41, 5.74) is 8.07. The number of hydrogen-bond acceptors (Lipinski definition) is 3. The van der Waals surface area contributed by atoms with E-state index < -0.39 is 6.04 Å². The van der Waals surface area contributed by atoms with E-state index in [4.69, 9.17) is 17.3 Å². The number of carbonyl (C=O) groups is 1. The zero-order chi connectivity index (χ0) is 15.1. The summed E-state index contributed by atoms with van der Waals surface area (Å²) in [5.74, 6) is -0.195. The number of benzene rings is 1. The molecule has 0 radical (unpaired) electrons. The Kier molecular flexibility index (Phi) is 3.80. The van der Waals surface area contributed by atoms with E-state index in [0.717, 1.165) is 16.9 Å². The van der Waals surface area contributed by atoms with Crippen LogP contribution in [0.5, 0.6) is 0 Å². The third-order valence-electron chi connectivity index (χ3n) is 3.41. The van der Waals surface area contributed by atoms with Gasteiger partial charge in [-0.2, -0.15) is 0 Å². The van der Waals surface area contributed by atoms with Crippen LogP contribution in [-0.4, -0.2) is 18.0 Å². The lowest BCUT2D eigenvalue weighted by atomic mass is 10.0. The molecule has 0 saturated heterocycles. The van der Waals surface area contributed by atoms with Crippen LogP contribution >= 0.6 is 11.6 Å². The molecule has 5 heteroatoms. The average molecular weight is 294 g/mol. The number of amides is 1. The number of fused-ring (bicyclic) bond motifs is 1. The third kappa shape index (κ3) is 2.53. The molecule has 1 unspecified atom stereocenters. The van der Waals surface area contributed by atoms with Crippen molar-refractivity contribution in [2.75, 3.05) is 16.8 Å². The van der Waals surface area contributed by atoms with Crippen LogP contribution in [0.25, 0.3) is 0 Å². The second kappa shape index (κ2) is 5.11. The number of nitrogens with two attached hydrogens (primary N) is 1. The molecule has 0 bridgehead atoms. The zero-order valence-electron chi connectivity index (χ0n) is 12.0. The van der Waals surface area contributed by atoms with Gasteiger partial charge in [0.2, 0.25) is 5.91 Å². The molecule has 108 valence electrons. The van der Waals surface area contributed by atoms with Gasteiger partial charge >= 0.3 is 0 Å². The number of halogens is 1. The highest BCUT2D eigenvalue weighted by Crippen LogP contribution is 2.39. The molecule has 1 aromatic carbocycles. The van der Waals surface area contributed by atoms with Gasteiger partial charge < -0.3 is 16.0 Å². The van der Waals surface area contributed by atoms with Gasteiger partial charge in [0.25, 0.3) is 0 Å². The van der Waals surface area contributed by atoms with Crippen molar-refractivity contribution in [1.29, 1.82) is 0 Å². The summed E-state index contributed by atoms with van der Waals surface area (Å²) >= 11 is 6.39. The Morgan fingerprint density at radius 1 is 1.50 bits per heavy atom. The first-order chi connectivity index (χ1) is 9.25. The Morgan fingerprint density at radius 3 is 2.70 bits per heavy atom. The summed E-state index contributed by atoms with van der Waals surface area (Å²) in [4.78, 5) is 13.8. The minimum Gasteiger partial charge on any atom is -0.362 e. The molecule has 0 saturated carbocycles. The van der Waals surface area contributed by atoms with Gasteiger partial charge in [-0.1, -0.05) is 17.7 Å². The SMILES string of the molecule is C=CCN(c1cc2c(cc1Cl)C(N)C(=O)N2)C(C)(C)C. The fourth-order valence-electron chi connectivity index (χ4n) is 2.36. The molecule has 0 spiro atoms. The van der Waals surface area contributed by atoms with Crippen LogP contribution in [0, 0.1) is 0 Å². The van der Waals surface area contributed by atoms with Gasteiger partial charge in [0, 0.05) is 23.3 Å². The maximum absolute atomic E-state index is 11.6. The Labute approximate surface area is 124 Å². The largest absolute Gasteiger partial charge is 0.362 e. The van der Waals surface area contributed by atoms with Gasteiger partial charge in [-0.25, -0.2) is 0 Å². The van der Waals surface area contributed by atoms with E-state index in [0.29, 0.717) is 11.6 Å². The van der Waals surface area contributed by atoms with Crippen molar-refractivity contribution < 1.29 is 4.79 Å². The van der Waals surface area contributed by atoms with Gasteiger partial charge in [-0.3, -0.25) is 4.79 Å². The summed E-state index contributed by atoms with van der Waals surface area (Å²) < 4.78 is 0. The van der Waals surface area contributed by atoms with Crippen molar-refractivity contribution in [3.05, 3.63) is 35.4 Å². The lowest BCUT2D eigenvalue weighted by Gasteiger charge is -2.37. The maximum Gasteiger partial charge on any atom is 0.245 e. The highest BCUT2D eigenvalue weighted by molar-refractivity contribution is 6.33. The summed E-state index contributed by atoms with van der Waals surface area (Å²) in [6, 6.07) is 3.02. The van der Waals surface area contributed by atoms with Crippen molar-refractivity contribution in [1.82, 2.24) is 0 Å². The molecule has 1 atom stereocenters. The Bertz CT molecular complexity index is 563. The van der Waals surface area contributed by atoms with E-state index in [2.05, 4.69) is 37.6 Å². The molecule has 1 aromatic rings. The lowest BCUT2D eigenvalue weighted by molar-refractivity contribution is -0.116. The van der Waals surface area contributed by atoms with E-state index >= 15 is 0 Å². The van der Waals surface area contributed by atoms with E-state index in [1.165, 1.54) is 0 Å². The minimum absolute atomic E-state index is 0.114. The molecule has 1 aliphatic rings. The molecule has 0 fully saturated rings. The highest BCUT2D eigenvalue weighted by Gasteiger charge is 2.30. The van der Waals surface area contributed by atoms with Gasteiger partial charge in [0.15, 0.2) is 0 Å². The maximum atomic E-state index is 11.6. The van der Waals surface area contributed by atoms with Crippen molar-refractivity contribution in [3.8, 4) is 0 Å². The van der Waals surface area contributed by atoms with Crippen LogP contribution < -0.4 is 16.0 Å². The van der Waals surface area contributed by atoms with E-state index in [9.17, 15) is 4.79 Å². The summed E-state index contributed by atoms with van der Waals surface area (Å²) in [6.07, 6.45) is 1.83. The molecular formula is C15H20ClN3O. The number of rotatable bonds is 3. The lowest BCUT2D eigenvalue weighted by Crippen LogP contribution is -2.41. The Balaban J connectivity index is 2.51. The van der Waals surface area contributed by atoms with Crippen LogP contribution in [0.2, 0.25) is 5.02 Å². The van der Waals surface area contributed by atoms with E-state index in [1.54, 1.807) is 6.07 Å². The summed E-state index contributed by atoms with van der Waals surface area (Å²) in [5, 5.41) is 3.38. The van der Waals surface area contributed by atoms with Crippen LogP contribution in [0.15, 0.2) is 24.8 Å². The van der Waals surface area contributed by atoms with Crippen molar-refractivity contribution in [3.63, 3.8) is 0 Å². The first-order valence-corrected chi connectivity index (χ1v) is 6.92. The Hall–Kier alpha value is -1.52. The van der Waals surface area contributed by atoms with Crippen molar-refractivity contribution >= 4 is 28.9 Å². The van der Waals surface area contributed by atoms with E-state index in [1.807, 2.05) is 12.1 Å². The van der Waals surface area contributed by atoms with Crippen molar-refractivity contribution in [2.45, 2.75) is 32.4 Å². The number of hydrogen-bond donors (Lipinski definition) is 2. The number of nitrogens with zero attached hydrogens (tertiary/aromatic N) is 1. The molecule has 1 amide bonds. The van der Waals surface area contributed by atoms with Gasteiger partial charge in [0.05, 0.1) is 10.7 Å². The number of anilines is 2. The van der Waals surface area contributed by atoms with Gasteiger partial charge in [-0.05, 0) is 32.9 Å². The first-order valence-electron chi connectivity index (χ1n) is 6.54. The predicted molar refractivity (Wildman–Crippen MR) is 84.3 cm³/mol. The topological polar surface area (TPSA) is 58.4 Å². The molecular weight excluding hydrogens is 274 g/mol. The second-order valence-corrected chi connectivity index (χ2v) is 6.34. The monoisotopic (exact) mass is 293 g/mol. The molecule has 3 N–H and O–H groups in total. The molecule has 1 aliphatic heterocycles. The second-order valence-electron chi connectivity index (χ2n) is 5.93. The number of carbonyl (C=O) groups excluding carboxylic acids is 1. The molecule has 0 aromatic heterocycles. The fourth-order valence-corrected chi connectivity index (χ4v) is 2.64. The summed E-state index contributed by atoms with van der Waals surface area (Å²) in [7, 11) is 0. The minimum atomic E-state index is -0.640. The molecule has 0 aliphatic carbocycles.